The molecular weight excluding hydrogens is 270 g/mol. The summed E-state index contributed by atoms with van der Waals surface area (Å²) >= 11 is 0. The molecule has 4 heteroatoms. The van der Waals surface area contributed by atoms with E-state index in [1.165, 1.54) is 0 Å². The van der Waals surface area contributed by atoms with Crippen LogP contribution in [0.25, 0.3) is 0 Å². The number of sulfonamides is 1. The molecule has 2 aromatic carbocycles. The maximum atomic E-state index is 12.6. The number of hydrogen-bond donors (Lipinski definition) is 1. The first-order valence-electron chi connectivity index (χ1n) is 6.47. The summed E-state index contributed by atoms with van der Waals surface area (Å²) in [6.45, 7) is 7.48. The Morgan fingerprint density at radius 2 is 1.45 bits per heavy atom. The summed E-state index contributed by atoms with van der Waals surface area (Å²) in [5.41, 5.74) is 4.16. The van der Waals surface area contributed by atoms with Crippen molar-refractivity contribution in [1.29, 1.82) is 0 Å². The Morgan fingerprint density at radius 1 is 0.850 bits per heavy atom. The Labute approximate surface area is 120 Å². The minimum Gasteiger partial charge on any atom is -0.279 e. The lowest BCUT2D eigenvalue weighted by molar-refractivity contribution is 0.600. The monoisotopic (exact) mass is 289 g/mol. The van der Waals surface area contributed by atoms with E-state index in [4.69, 9.17) is 0 Å². The molecule has 0 saturated carbocycles. The van der Waals surface area contributed by atoms with E-state index in [0.29, 0.717) is 10.6 Å². The van der Waals surface area contributed by atoms with Gasteiger partial charge < -0.3 is 0 Å². The average Bonchev–Trinajstić information content (AvgIpc) is 2.37. The van der Waals surface area contributed by atoms with Crippen LogP contribution in [0.2, 0.25) is 0 Å². The zero-order chi connectivity index (χ0) is 14.9. The molecule has 3 nitrogen and oxygen atoms in total. The largest absolute Gasteiger partial charge is 0.279 e. The van der Waals surface area contributed by atoms with Crippen LogP contribution >= 0.6 is 0 Å². The molecule has 0 heterocycles. The number of nitrogens with one attached hydrogen (secondary N) is 1. The van der Waals surface area contributed by atoms with Crippen molar-refractivity contribution in [3.63, 3.8) is 0 Å². The Morgan fingerprint density at radius 3 is 2.05 bits per heavy atom. The van der Waals surface area contributed by atoms with Crippen LogP contribution in [0.1, 0.15) is 22.3 Å². The second-order valence-electron chi connectivity index (χ2n) is 5.14. The van der Waals surface area contributed by atoms with Gasteiger partial charge in [-0.2, -0.15) is 0 Å². The Balaban J connectivity index is 2.49. The first-order valence-corrected chi connectivity index (χ1v) is 7.96. The molecule has 0 unspecified atom stereocenters. The molecular formula is C16H19NO2S. The minimum absolute atomic E-state index is 0.333. The summed E-state index contributed by atoms with van der Waals surface area (Å²) in [5.74, 6) is 0. The summed E-state index contributed by atoms with van der Waals surface area (Å²) in [5, 5.41) is 0. The molecule has 20 heavy (non-hydrogen) atoms. The van der Waals surface area contributed by atoms with Crippen molar-refractivity contribution >= 4 is 15.7 Å². The second kappa shape index (κ2) is 5.29. The summed E-state index contributed by atoms with van der Waals surface area (Å²) in [6.07, 6.45) is 0. The van der Waals surface area contributed by atoms with Gasteiger partial charge in [0.1, 0.15) is 0 Å². The van der Waals surface area contributed by atoms with E-state index < -0.39 is 10.0 Å². The summed E-state index contributed by atoms with van der Waals surface area (Å²) in [7, 11) is -3.56. The van der Waals surface area contributed by atoms with E-state index in [1.807, 2.05) is 51.1 Å². The quantitative estimate of drug-likeness (QED) is 0.936. The molecule has 2 rings (SSSR count). The van der Waals surface area contributed by atoms with E-state index in [0.717, 1.165) is 22.3 Å². The lowest BCUT2D eigenvalue weighted by Crippen LogP contribution is -2.16. The number of rotatable bonds is 3. The van der Waals surface area contributed by atoms with Gasteiger partial charge in [-0.3, -0.25) is 4.72 Å². The molecule has 0 spiro atoms. The van der Waals surface area contributed by atoms with E-state index >= 15 is 0 Å². The highest BCUT2D eigenvalue weighted by Crippen LogP contribution is 2.25. The topological polar surface area (TPSA) is 46.2 Å². The number of benzene rings is 2. The highest BCUT2D eigenvalue weighted by Gasteiger charge is 2.18. The average molecular weight is 289 g/mol. The first-order chi connectivity index (χ1) is 9.31. The molecule has 1 N–H and O–H groups in total. The van der Waals surface area contributed by atoms with Gasteiger partial charge in [-0.15, -0.1) is 0 Å². The third-order valence-corrected chi connectivity index (χ3v) is 4.84. The van der Waals surface area contributed by atoms with Crippen molar-refractivity contribution in [1.82, 2.24) is 0 Å². The van der Waals surface area contributed by atoms with Gasteiger partial charge >= 0.3 is 0 Å². The maximum absolute atomic E-state index is 12.6. The van der Waals surface area contributed by atoms with Crippen LogP contribution in [0.15, 0.2) is 41.3 Å². The van der Waals surface area contributed by atoms with Gasteiger partial charge in [-0.1, -0.05) is 30.3 Å². The molecule has 0 saturated heterocycles. The molecule has 0 atom stereocenters. The van der Waals surface area contributed by atoms with E-state index in [-0.39, 0.29) is 0 Å². The molecule has 0 bridgehead atoms. The van der Waals surface area contributed by atoms with Gasteiger partial charge in [0, 0.05) is 0 Å². The van der Waals surface area contributed by atoms with Gasteiger partial charge in [0.15, 0.2) is 0 Å². The third kappa shape index (κ3) is 2.85. The number of hydrogen-bond acceptors (Lipinski definition) is 2. The number of para-hydroxylation sites is 1. The van der Waals surface area contributed by atoms with Crippen LogP contribution in [0.4, 0.5) is 5.69 Å². The second-order valence-corrected chi connectivity index (χ2v) is 6.79. The zero-order valence-electron chi connectivity index (χ0n) is 12.2. The molecule has 0 aliphatic rings. The molecule has 0 aromatic heterocycles. The maximum Gasteiger partial charge on any atom is 0.262 e. The van der Waals surface area contributed by atoms with Crippen LogP contribution in [-0.4, -0.2) is 8.42 Å². The normalized spacial score (nSPS) is 11.4. The number of anilines is 1. The van der Waals surface area contributed by atoms with Crippen molar-refractivity contribution in [3.05, 3.63) is 58.7 Å². The van der Waals surface area contributed by atoms with Crippen LogP contribution in [-0.2, 0) is 10.0 Å². The predicted molar refractivity (Wildman–Crippen MR) is 82.6 cm³/mol. The first kappa shape index (κ1) is 14.6. The molecule has 0 amide bonds. The van der Waals surface area contributed by atoms with Crippen molar-refractivity contribution < 1.29 is 8.42 Å². The van der Waals surface area contributed by atoms with Gasteiger partial charge in [-0.25, -0.2) is 8.42 Å². The fraction of sp³-hybridized carbons (Fsp3) is 0.250. The molecule has 0 aliphatic carbocycles. The fourth-order valence-corrected chi connectivity index (χ4v) is 3.70. The van der Waals surface area contributed by atoms with Gasteiger partial charge in [0.25, 0.3) is 10.0 Å². The summed E-state index contributed by atoms with van der Waals surface area (Å²) < 4.78 is 27.8. The standard InChI is InChI=1S/C16H19NO2S/c1-11-8-9-12(2)15(10-11)20(18,19)17-16-13(3)6-5-7-14(16)4/h5-10,17H,1-4H3. The lowest BCUT2D eigenvalue weighted by Gasteiger charge is -2.14. The Hall–Kier alpha value is -1.81. The molecule has 106 valence electrons. The van der Waals surface area contributed by atoms with Crippen LogP contribution in [0.5, 0.6) is 0 Å². The van der Waals surface area contributed by atoms with E-state index in [9.17, 15) is 8.42 Å². The van der Waals surface area contributed by atoms with E-state index in [2.05, 4.69) is 4.72 Å². The third-order valence-electron chi connectivity index (χ3n) is 3.35. The van der Waals surface area contributed by atoms with Gasteiger partial charge in [0.05, 0.1) is 10.6 Å². The summed E-state index contributed by atoms with van der Waals surface area (Å²) in [6, 6.07) is 11.1. The molecule has 0 aliphatic heterocycles. The van der Waals surface area contributed by atoms with Crippen LogP contribution < -0.4 is 4.72 Å². The zero-order valence-corrected chi connectivity index (χ0v) is 13.0. The predicted octanol–water partition coefficient (Wildman–Crippen LogP) is 3.72. The minimum atomic E-state index is -3.56. The lowest BCUT2D eigenvalue weighted by atomic mass is 10.1. The highest BCUT2D eigenvalue weighted by molar-refractivity contribution is 7.92. The van der Waals surface area contributed by atoms with Crippen molar-refractivity contribution in [2.45, 2.75) is 32.6 Å². The molecule has 2 aromatic rings. The van der Waals surface area contributed by atoms with Crippen LogP contribution in [0.3, 0.4) is 0 Å². The van der Waals surface area contributed by atoms with Crippen LogP contribution in [0, 0.1) is 27.7 Å². The van der Waals surface area contributed by atoms with Gasteiger partial charge in [-0.05, 0) is 56.0 Å². The Bertz CT molecular complexity index is 729. The Kier molecular flexibility index (Phi) is 3.86. The molecule has 0 fully saturated rings. The molecule has 0 radical (unpaired) electrons. The fourth-order valence-electron chi connectivity index (χ4n) is 2.16. The summed E-state index contributed by atoms with van der Waals surface area (Å²) in [4.78, 5) is 0.333. The van der Waals surface area contributed by atoms with Crippen molar-refractivity contribution in [2.75, 3.05) is 4.72 Å². The SMILES string of the molecule is Cc1ccc(C)c(S(=O)(=O)Nc2c(C)cccc2C)c1. The van der Waals surface area contributed by atoms with Gasteiger partial charge in [0.2, 0.25) is 0 Å². The highest BCUT2D eigenvalue weighted by atomic mass is 32.2. The van der Waals surface area contributed by atoms with Crippen molar-refractivity contribution in [2.24, 2.45) is 0 Å². The smallest absolute Gasteiger partial charge is 0.262 e. The van der Waals surface area contributed by atoms with E-state index in [1.54, 1.807) is 13.0 Å². The van der Waals surface area contributed by atoms with Crippen molar-refractivity contribution in [3.8, 4) is 0 Å². The number of aryl methyl sites for hydroxylation is 4.